The number of rotatable bonds is 6. The van der Waals surface area contributed by atoms with Gasteiger partial charge in [0.25, 0.3) is 0 Å². The second-order valence-electron chi connectivity index (χ2n) is 5.94. The van der Waals surface area contributed by atoms with Crippen LogP contribution in [0.4, 0.5) is 14.5 Å². The van der Waals surface area contributed by atoms with E-state index in [0.717, 1.165) is 18.5 Å². The van der Waals surface area contributed by atoms with E-state index in [1.807, 2.05) is 6.07 Å². The number of anilines is 1. The van der Waals surface area contributed by atoms with Gasteiger partial charge < -0.3 is 14.8 Å². The first-order chi connectivity index (χ1) is 11.7. The topological polar surface area (TPSA) is 30.5 Å². The predicted octanol–water partition coefficient (Wildman–Crippen LogP) is 4.91. The van der Waals surface area contributed by atoms with E-state index >= 15 is 0 Å². The molecule has 1 fully saturated rings. The molecule has 5 heteroatoms. The molecule has 0 aromatic heterocycles. The molecule has 3 rings (SSSR count). The highest BCUT2D eigenvalue weighted by molar-refractivity contribution is 5.55. The van der Waals surface area contributed by atoms with Gasteiger partial charge in [-0.15, -0.1) is 0 Å². The summed E-state index contributed by atoms with van der Waals surface area (Å²) in [6.45, 7) is 0.0632. The van der Waals surface area contributed by atoms with Crippen molar-refractivity contribution in [2.24, 2.45) is 0 Å². The lowest BCUT2D eigenvalue weighted by Gasteiger charge is -2.17. The number of halogens is 2. The third-order valence-electron chi connectivity index (χ3n) is 4.29. The number of ether oxygens (including phenoxy) is 2. The smallest absolute Gasteiger partial charge is 0.163 e. The molecule has 0 heterocycles. The Morgan fingerprint density at radius 3 is 2.42 bits per heavy atom. The van der Waals surface area contributed by atoms with Gasteiger partial charge >= 0.3 is 0 Å². The molecule has 1 aliphatic rings. The molecular weight excluding hydrogens is 312 g/mol. The van der Waals surface area contributed by atoms with Crippen molar-refractivity contribution in [2.75, 3.05) is 12.4 Å². The lowest BCUT2D eigenvalue weighted by molar-refractivity contribution is 0.201. The quantitative estimate of drug-likeness (QED) is 0.815. The largest absolute Gasteiger partial charge is 0.493 e. The molecule has 1 saturated carbocycles. The molecule has 0 atom stereocenters. The van der Waals surface area contributed by atoms with E-state index in [1.165, 1.54) is 31.0 Å². The van der Waals surface area contributed by atoms with Crippen LogP contribution < -0.4 is 14.8 Å². The Morgan fingerprint density at radius 2 is 1.75 bits per heavy atom. The molecule has 2 aromatic rings. The van der Waals surface area contributed by atoms with E-state index in [0.29, 0.717) is 11.5 Å². The first-order valence-electron chi connectivity index (χ1n) is 8.19. The Bertz CT molecular complexity index is 680. The Kier molecular flexibility index (Phi) is 5.18. The molecule has 1 N–H and O–H groups in total. The molecular formula is C19H21F2NO2. The van der Waals surface area contributed by atoms with Crippen LogP contribution >= 0.6 is 0 Å². The van der Waals surface area contributed by atoms with Gasteiger partial charge in [-0.25, -0.2) is 8.78 Å². The van der Waals surface area contributed by atoms with Crippen LogP contribution in [-0.2, 0) is 6.54 Å². The SMILES string of the molecule is COc1ccc(NCc2c(F)cccc2F)cc1OC1CCCC1. The molecule has 0 radical (unpaired) electrons. The van der Waals surface area contributed by atoms with Gasteiger partial charge in [0.1, 0.15) is 11.6 Å². The van der Waals surface area contributed by atoms with E-state index in [4.69, 9.17) is 9.47 Å². The van der Waals surface area contributed by atoms with Crippen LogP contribution in [-0.4, -0.2) is 13.2 Å². The Labute approximate surface area is 140 Å². The van der Waals surface area contributed by atoms with Gasteiger partial charge in [0.15, 0.2) is 11.5 Å². The zero-order valence-electron chi connectivity index (χ0n) is 13.6. The van der Waals surface area contributed by atoms with Crippen LogP contribution in [0.2, 0.25) is 0 Å². The van der Waals surface area contributed by atoms with Gasteiger partial charge in [-0.2, -0.15) is 0 Å². The average Bonchev–Trinajstić information content (AvgIpc) is 3.08. The standard InChI is InChI=1S/C19H21F2NO2/c1-23-18-10-9-13(11-19(18)24-14-5-2-3-6-14)22-12-15-16(20)7-4-8-17(15)21/h4,7-11,14,22H,2-3,5-6,12H2,1H3. The van der Waals surface area contributed by atoms with Crippen molar-refractivity contribution in [3.63, 3.8) is 0 Å². The summed E-state index contributed by atoms with van der Waals surface area (Å²) in [4.78, 5) is 0. The van der Waals surface area contributed by atoms with Crippen molar-refractivity contribution < 1.29 is 18.3 Å². The maximum Gasteiger partial charge on any atom is 0.163 e. The molecule has 0 amide bonds. The molecule has 128 valence electrons. The minimum Gasteiger partial charge on any atom is -0.493 e. The zero-order valence-corrected chi connectivity index (χ0v) is 13.6. The number of benzene rings is 2. The van der Waals surface area contributed by atoms with E-state index in [1.54, 1.807) is 19.2 Å². The van der Waals surface area contributed by atoms with E-state index < -0.39 is 11.6 Å². The van der Waals surface area contributed by atoms with Gasteiger partial charge in [-0.1, -0.05) is 6.07 Å². The minimum absolute atomic E-state index is 0.0200. The molecule has 2 aromatic carbocycles. The van der Waals surface area contributed by atoms with Crippen molar-refractivity contribution in [1.29, 1.82) is 0 Å². The van der Waals surface area contributed by atoms with Gasteiger partial charge in [0.05, 0.1) is 13.2 Å². The second kappa shape index (κ2) is 7.51. The number of nitrogens with one attached hydrogen (secondary N) is 1. The molecule has 3 nitrogen and oxygen atoms in total. The normalized spacial score (nSPS) is 14.6. The van der Waals surface area contributed by atoms with Gasteiger partial charge in [-0.05, 0) is 49.9 Å². The predicted molar refractivity (Wildman–Crippen MR) is 89.6 cm³/mol. The summed E-state index contributed by atoms with van der Waals surface area (Å²) in [5.74, 6) is 0.199. The van der Waals surface area contributed by atoms with Crippen LogP contribution in [0.5, 0.6) is 11.5 Å². The Hall–Kier alpha value is -2.30. The van der Waals surface area contributed by atoms with Crippen molar-refractivity contribution in [1.82, 2.24) is 0 Å². The summed E-state index contributed by atoms with van der Waals surface area (Å²) in [6.07, 6.45) is 4.65. The first kappa shape index (κ1) is 16.6. The third kappa shape index (κ3) is 3.78. The highest BCUT2D eigenvalue weighted by Crippen LogP contribution is 2.34. The number of methoxy groups -OCH3 is 1. The zero-order chi connectivity index (χ0) is 16.9. The molecule has 24 heavy (non-hydrogen) atoms. The fraction of sp³-hybridized carbons (Fsp3) is 0.368. The molecule has 0 spiro atoms. The maximum atomic E-state index is 13.7. The third-order valence-corrected chi connectivity index (χ3v) is 4.29. The summed E-state index contributed by atoms with van der Waals surface area (Å²) in [6, 6.07) is 9.28. The number of hydrogen-bond donors (Lipinski definition) is 1. The molecule has 1 aliphatic carbocycles. The molecule has 0 aliphatic heterocycles. The van der Waals surface area contributed by atoms with Gasteiger partial charge in [0.2, 0.25) is 0 Å². The molecule has 0 saturated heterocycles. The van der Waals surface area contributed by atoms with Crippen LogP contribution in [0, 0.1) is 11.6 Å². The fourth-order valence-electron chi connectivity index (χ4n) is 2.96. The summed E-state index contributed by atoms with van der Waals surface area (Å²) in [7, 11) is 1.60. The second-order valence-corrected chi connectivity index (χ2v) is 5.94. The number of hydrogen-bond acceptors (Lipinski definition) is 3. The van der Waals surface area contributed by atoms with Crippen molar-refractivity contribution >= 4 is 5.69 Å². The lowest BCUT2D eigenvalue weighted by Crippen LogP contribution is -2.12. The van der Waals surface area contributed by atoms with Crippen molar-refractivity contribution in [3.8, 4) is 11.5 Å². The van der Waals surface area contributed by atoms with Crippen LogP contribution in [0.25, 0.3) is 0 Å². The van der Waals surface area contributed by atoms with E-state index in [-0.39, 0.29) is 18.2 Å². The highest BCUT2D eigenvalue weighted by Gasteiger charge is 2.18. The average molecular weight is 333 g/mol. The summed E-state index contributed by atoms with van der Waals surface area (Å²) < 4.78 is 38.8. The monoisotopic (exact) mass is 333 g/mol. The summed E-state index contributed by atoms with van der Waals surface area (Å²) in [5, 5.41) is 3.04. The lowest BCUT2D eigenvalue weighted by atomic mass is 10.2. The van der Waals surface area contributed by atoms with Crippen molar-refractivity contribution in [3.05, 3.63) is 53.6 Å². The van der Waals surface area contributed by atoms with E-state index in [2.05, 4.69) is 5.32 Å². The summed E-state index contributed by atoms with van der Waals surface area (Å²) >= 11 is 0. The van der Waals surface area contributed by atoms with Crippen LogP contribution in [0.1, 0.15) is 31.2 Å². The van der Waals surface area contributed by atoms with E-state index in [9.17, 15) is 8.78 Å². The molecule has 0 unspecified atom stereocenters. The maximum absolute atomic E-state index is 13.7. The first-order valence-corrected chi connectivity index (χ1v) is 8.19. The highest BCUT2D eigenvalue weighted by atomic mass is 19.1. The fourth-order valence-corrected chi connectivity index (χ4v) is 2.96. The van der Waals surface area contributed by atoms with Gasteiger partial charge in [0, 0.05) is 23.9 Å². The Balaban J connectivity index is 1.73. The minimum atomic E-state index is -0.557. The van der Waals surface area contributed by atoms with Gasteiger partial charge in [-0.3, -0.25) is 0 Å². The Morgan fingerprint density at radius 1 is 1.04 bits per heavy atom. The van der Waals surface area contributed by atoms with Crippen LogP contribution in [0.15, 0.2) is 36.4 Å². The van der Waals surface area contributed by atoms with Crippen LogP contribution in [0.3, 0.4) is 0 Å². The molecule has 0 bridgehead atoms. The van der Waals surface area contributed by atoms with Crippen molar-refractivity contribution in [2.45, 2.75) is 38.3 Å². The summed E-state index contributed by atoms with van der Waals surface area (Å²) in [5.41, 5.74) is 0.748.